The van der Waals surface area contributed by atoms with E-state index in [1.807, 2.05) is 6.92 Å². The minimum Gasteiger partial charge on any atom is -0.466 e. The zero-order valence-corrected chi connectivity index (χ0v) is 12.7. The molecule has 0 bridgehead atoms. The maximum absolute atomic E-state index is 11.7. The van der Waals surface area contributed by atoms with E-state index in [4.69, 9.17) is 4.74 Å². The van der Waals surface area contributed by atoms with Crippen LogP contribution in [0.4, 0.5) is 0 Å². The lowest BCUT2D eigenvalue weighted by molar-refractivity contribution is -0.149. The van der Waals surface area contributed by atoms with Crippen LogP contribution in [-0.2, 0) is 9.53 Å². The number of piperidine rings is 1. The average molecular weight is 281 g/mol. The molecular formula is C15H27N3O2. The number of carbonyl (C=O) groups excluding carboxylic acids is 1. The van der Waals surface area contributed by atoms with Gasteiger partial charge in [0.25, 0.3) is 0 Å². The van der Waals surface area contributed by atoms with Crippen LogP contribution in [0, 0.1) is 5.92 Å². The van der Waals surface area contributed by atoms with E-state index in [0.717, 1.165) is 38.4 Å². The van der Waals surface area contributed by atoms with Crippen molar-refractivity contribution < 1.29 is 9.53 Å². The summed E-state index contributed by atoms with van der Waals surface area (Å²) in [6, 6.07) is 0.600. The molecule has 1 saturated carbocycles. The Morgan fingerprint density at radius 3 is 2.45 bits per heavy atom. The number of aliphatic imine (C=N–C) groups is 1. The molecule has 5 heteroatoms. The Bertz CT molecular complexity index is 345. The highest BCUT2D eigenvalue weighted by Gasteiger charge is 2.28. The SMILES string of the molecule is CCN=C(NC1CCC1)N1CCC(C(=O)OCC)CC1. The minimum absolute atomic E-state index is 0.0342. The fraction of sp³-hybridized carbons (Fsp3) is 0.867. The van der Waals surface area contributed by atoms with Crippen molar-refractivity contribution in [2.75, 3.05) is 26.2 Å². The van der Waals surface area contributed by atoms with Crippen LogP contribution in [-0.4, -0.2) is 49.1 Å². The molecule has 1 aliphatic heterocycles. The van der Waals surface area contributed by atoms with Crippen molar-refractivity contribution in [3.63, 3.8) is 0 Å². The predicted molar refractivity (Wildman–Crippen MR) is 79.7 cm³/mol. The molecule has 0 atom stereocenters. The molecule has 1 heterocycles. The number of nitrogens with zero attached hydrogens (tertiary/aromatic N) is 2. The Kier molecular flexibility index (Phi) is 5.68. The van der Waals surface area contributed by atoms with E-state index < -0.39 is 0 Å². The first-order chi connectivity index (χ1) is 9.74. The molecule has 1 N–H and O–H groups in total. The first kappa shape index (κ1) is 15.1. The third-order valence-electron chi connectivity index (χ3n) is 4.16. The van der Waals surface area contributed by atoms with E-state index in [1.165, 1.54) is 19.3 Å². The van der Waals surface area contributed by atoms with Gasteiger partial charge in [-0.15, -0.1) is 0 Å². The number of hydrogen-bond acceptors (Lipinski definition) is 3. The standard InChI is InChI=1S/C15H27N3O2/c1-3-16-15(17-13-6-5-7-13)18-10-8-12(9-11-18)14(19)20-4-2/h12-13H,3-11H2,1-2H3,(H,16,17). The largest absolute Gasteiger partial charge is 0.466 e. The molecule has 0 spiro atoms. The van der Waals surface area contributed by atoms with Crippen LogP contribution in [0.25, 0.3) is 0 Å². The van der Waals surface area contributed by atoms with E-state index >= 15 is 0 Å². The second kappa shape index (κ2) is 7.50. The summed E-state index contributed by atoms with van der Waals surface area (Å²) in [5, 5.41) is 3.55. The first-order valence-electron chi connectivity index (χ1n) is 7.97. The summed E-state index contributed by atoms with van der Waals surface area (Å²) in [6.07, 6.45) is 5.56. The van der Waals surface area contributed by atoms with Gasteiger partial charge in [0.15, 0.2) is 5.96 Å². The molecule has 0 aromatic carbocycles. The smallest absolute Gasteiger partial charge is 0.309 e. The van der Waals surface area contributed by atoms with Gasteiger partial charge in [-0.25, -0.2) is 0 Å². The third-order valence-corrected chi connectivity index (χ3v) is 4.16. The molecule has 0 aromatic rings. The Morgan fingerprint density at radius 1 is 1.25 bits per heavy atom. The van der Waals surface area contributed by atoms with Crippen molar-refractivity contribution in [2.45, 2.75) is 52.0 Å². The lowest BCUT2D eigenvalue weighted by Crippen LogP contribution is -2.51. The second-order valence-corrected chi connectivity index (χ2v) is 5.58. The highest BCUT2D eigenvalue weighted by atomic mass is 16.5. The molecule has 2 aliphatic rings. The van der Waals surface area contributed by atoms with E-state index in [0.29, 0.717) is 12.6 Å². The summed E-state index contributed by atoms with van der Waals surface area (Å²) in [4.78, 5) is 18.6. The zero-order valence-electron chi connectivity index (χ0n) is 12.7. The van der Waals surface area contributed by atoms with E-state index in [1.54, 1.807) is 0 Å². The number of likely N-dealkylation sites (tertiary alicyclic amines) is 1. The molecule has 5 nitrogen and oxygen atoms in total. The van der Waals surface area contributed by atoms with Crippen molar-refractivity contribution in [3.05, 3.63) is 0 Å². The number of hydrogen-bond donors (Lipinski definition) is 1. The van der Waals surface area contributed by atoms with E-state index in [2.05, 4.69) is 22.1 Å². The lowest BCUT2D eigenvalue weighted by Gasteiger charge is -2.37. The van der Waals surface area contributed by atoms with Gasteiger partial charge in [-0.05, 0) is 46.0 Å². The molecule has 0 radical (unpaired) electrons. The number of guanidine groups is 1. The Labute approximate surface area is 121 Å². The molecule has 2 fully saturated rings. The topological polar surface area (TPSA) is 53.9 Å². The maximum atomic E-state index is 11.7. The van der Waals surface area contributed by atoms with Crippen molar-refractivity contribution in [1.82, 2.24) is 10.2 Å². The second-order valence-electron chi connectivity index (χ2n) is 5.58. The summed E-state index contributed by atoms with van der Waals surface area (Å²) >= 11 is 0. The zero-order chi connectivity index (χ0) is 14.4. The van der Waals surface area contributed by atoms with E-state index in [9.17, 15) is 4.79 Å². The van der Waals surface area contributed by atoms with Crippen LogP contribution in [0.15, 0.2) is 4.99 Å². The minimum atomic E-state index is -0.0342. The van der Waals surface area contributed by atoms with Gasteiger partial charge in [-0.3, -0.25) is 9.79 Å². The molecule has 114 valence electrons. The molecule has 0 amide bonds. The molecule has 20 heavy (non-hydrogen) atoms. The van der Waals surface area contributed by atoms with Crippen LogP contribution >= 0.6 is 0 Å². The third kappa shape index (κ3) is 3.87. The molecule has 2 rings (SSSR count). The molecule has 1 saturated heterocycles. The highest BCUT2D eigenvalue weighted by Crippen LogP contribution is 2.21. The predicted octanol–water partition coefficient (Wildman–Crippen LogP) is 1.78. The number of rotatable bonds is 4. The summed E-state index contributed by atoms with van der Waals surface area (Å²) in [7, 11) is 0. The van der Waals surface area contributed by atoms with Crippen molar-refractivity contribution in [1.29, 1.82) is 0 Å². The molecule has 0 unspecified atom stereocenters. The normalized spacial score (nSPS) is 21.5. The summed E-state index contributed by atoms with van der Waals surface area (Å²) in [6.45, 7) is 6.98. The first-order valence-corrected chi connectivity index (χ1v) is 7.97. The Hall–Kier alpha value is -1.26. The van der Waals surface area contributed by atoms with Gasteiger partial charge in [-0.2, -0.15) is 0 Å². The van der Waals surface area contributed by atoms with Crippen LogP contribution in [0.1, 0.15) is 46.0 Å². The summed E-state index contributed by atoms with van der Waals surface area (Å²) < 4.78 is 5.11. The van der Waals surface area contributed by atoms with Gasteiger partial charge in [0, 0.05) is 25.7 Å². The Morgan fingerprint density at radius 2 is 1.95 bits per heavy atom. The van der Waals surface area contributed by atoms with Crippen LogP contribution in [0.2, 0.25) is 0 Å². The summed E-state index contributed by atoms with van der Waals surface area (Å²) in [5.41, 5.74) is 0. The van der Waals surface area contributed by atoms with Gasteiger partial charge in [0.1, 0.15) is 0 Å². The van der Waals surface area contributed by atoms with Crippen molar-refractivity contribution in [2.24, 2.45) is 10.9 Å². The summed E-state index contributed by atoms with van der Waals surface area (Å²) in [5.74, 6) is 1.06. The lowest BCUT2D eigenvalue weighted by atomic mass is 9.93. The van der Waals surface area contributed by atoms with Gasteiger partial charge in [0.05, 0.1) is 12.5 Å². The fourth-order valence-electron chi connectivity index (χ4n) is 2.71. The number of ether oxygens (including phenoxy) is 1. The Balaban J connectivity index is 1.83. The van der Waals surface area contributed by atoms with Gasteiger partial charge in [-0.1, -0.05) is 0 Å². The van der Waals surface area contributed by atoms with E-state index in [-0.39, 0.29) is 11.9 Å². The van der Waals surface area contributed by atoms with Gasteiger partial charge in [0.2, 0.25) is 0 Å². The molecule has 1 aliphatic carbocycles. The maximum Gasteiger partial charge on any atom is 0.309 e. The van der Waals surface area contributed by atoms with Crippen molar-refractivity contribution >= 4 is 11.9 Å². The number of nitrogens with one attached hydrogen (secondary N) is 1. The number of carbonyl (C=O) groups is 1. The van der Waals surface area contributed by atoms with Crippen LogP contribution in [0.5, 0.6) is 0 Å². The van der Waals surface area contributed by atoms with Gasteiger partial charge < -0.3 is 15.0 Å². The van der Waals surface area contributed by atoms with Gasteiger partial charge >= 0.3 is 5.97 Å². The van der Waals surface area contributed by atoms with Crippen molar-refractivity contribution in [3.8, 4) is 0 Å². The average Bonchev–Trinajstić information content (AvgIpc) is 2.42. The van der Waals surface area contributed by atoms with Crippen LogP contribution in [0.3, 0.4) is 0 Å². The monoisotopic (exact) mass is 281 g/mol. The quantitative estimate of drug-likeness (QED) is 0.485. The number of esters is 1. The highest BCUT2D eigenvalue weighted by molar-refractivity contribution is 5.81. The van der Waals surface area contributed by atoms with Crippen LogP contribution < -0.4 is 5.32 Å². The molecular weight excluding hydrogens is 254 g/mol. The fourth-order valence-corrected chi connectivity index (χ4v) is 2.71. The molecule has 0 aromatic heterocycles.